The molecule has 1 heterocycles. The lowest BCUT2D eigenvalue weighted by atomic mass is 10.1. The van der Waals surface area contributed by atoms with Crippen molar-refractivity contribution < 1.29 is 4.79 Å². The van der Waals surface area contributed by atoms with Crippen molar-refractivity contribution in [2.24, 2.45) is 0 Å². The summed E-state index contributed by atoms with van der Waals surface area (Å²) < 4.78 is 0. The quantitative estimate of drug-likeness (QED) is 0.273. The van der Waals surface area contributed by atoms with Gasteiger partial charge >= 0.3 is 0 Å². The number of carbonyl (C=O) groups is 1. The fraction of sp³-hybridized carbons (Fsp3) is 0.370. The van der Waals surface area contributed by atoms with Gasteiger partial charge in [0.1, 0.15) is 5.82 Å². The fourth-order valence-electron chi connectivity index (χ4n) is 3.48. The molecule has 3 rings (SSSR count). The Morgan fingerprint density at radius 3 is 2.30 bits per heavy atom. The summed E-state index contributed by atoms with van der Waals surface area (Å²) in [5.41, 5.74) is 4.02. The summed E-state index contributed by atoms with van der Waals surface area (Å²) in [4.78, 5) is 26.3. The van der Waals surface area contributed by atoms with Gasteiger partial charge < -0.3 is 9.80 Å². The third-order valence-electron chi connectivity index (χ3n) is 5.43. The molecule has 0 spiro atoms. The van der Waals surface area contributed by atoms with Gasteiger partial charge in [0, 0.05) is 50.3 Å². The van der Waals surface area contributed by atoms with Crippen molar-refractivity contribution in [2.45, 2.75) is 50.6 Å². The first kappa shape index (κ1) is 24.8. The molecular weight excluding hydrogens is 428 g/mol. The molecule has 0 fully saturated rings. The highest BCUT2D eigenvalue weighted by atomic mass is 32.2. The van der Waals surface area contributed by atoms with E-state index in [1.54, 1.807) is 16.7 Å². The van der Waals surface area contributed by atoms with Crippen LogP contribution >= 0.6 is 11.8 Å². The normalized spacial score (nSPS) is 11.0. The Morgan fingerprint density at radius 1 is 0.970 bits per heavy atom. The molecule has 174 valence electrons. The molecule has 1 aromatic heterocycles. The van der Waals surface area contributed by atoms with Crippen LogP contribution in [-0.4, -0.2) is 41.4 Å². The average molecular weight is 463 g/mol. The maximum Gasteiger partial charge on any atom is 0.253 e. The zero-order valence-corrected chi connectivity index (χ0v) is 21.1. The number of aromatic nitrogens is 2. The van der Waals surface area contributed by atoms with Crippen LogP contribution < -0.4 is 4.90 Å². The van der Waals surface area contributed by atoms with Gasteiger partial charge in [-0.05, 0) is 35.6 Å². The number of anilines is 1. The van der Waals surface area contributed by atoms with Crippen LogP contribution in [0.5, 0.6) is 0 Å². The Kier molecular flexibility index (Phi) is 8.89. The number of rotatable bonds is 10. The van der Waals surface area contributed by atoms with E-state index in [-0.39, 0.29) is 5.91 Å². The minimum atomic E-state index is 0.0228. The second-order valence-corrected chi connectivity index (χ2v) is 9.58. The zero-order valence-electron chi connectivity index (χ0n) is 20.3. The predicted molar refractivity (Wildman–Crippen MR) is 138 cm³/mol. The first-order valence-electron chi connectivity index (χ1n) is 11.5. The van der Waals surface area contributed by atoms with Gasteiger partial charge in [0.2, 0.25) is 0 Å². The largest absolute Gasteiger partial charge is 0.360 e. The van der Waals surface area contributed by atoms with Gasteiger partial charge in [0.25, 0.3) is 5.91 Å². The maximum absolute atomic E-state index is 12.8. The van der Waals surface area contributed by atoms with E-state index < -0.39 is 0 Å². The van der Waals surface area contributed by atoms with Crippen LogP contribution in [0, 0.1) is 0 Å². The van der Waals surface area contributed by atoms with Gasteiger partial charge in [-0.1, -0.05) is 75.0 Å². The number of hydrogen-bond donors (Lipinski definition) is 0. The van der Waals surface area contributed by atoms with Gasteiger partial charge in [-0.2, -0.15) is 0 Å². The molecule has 6 heteroatoms. The molecule has 3 aromatic rings. The molecule has 0 N–H and O–H groups in total. The van der Waals surface area contributed by atoms with Gasteiger partial charge in [-0.25, -0.2) is 9.97 Å². The molecule has 0 atom stereocenters. The van der Waals surface area contributed by atoms with Crippen molar-refractivity contribution >= 4 is 23.5 Å². The molecule has 0 aliphatic rings. The van der Waals surface area contributed by atoms with Gasteiger partial charge in [-0.15, -0.1) is 0 Å². The SMILES string of the molecule is CCCN(C)c1cc(C(C)C)nc(SCc2ccc(C(=O)N(C)Cc3ccccc3)cc2)n1. The van der Waals surface area contributed by atoms with Crippen LogP contribution in [0.1, 0.15) is 60.3 Å². The lowest BCUT2D eigenvalue weighted by Gasteiger charge is -2.19. The van der Waals surface area contributed by atoms with E-state index in [9.17, 15) is 4.79 Å². The summed E-state index contributed by atoms with van der Waals surface area (Å²) in [6, 6.07) is 20.0. The molecule has 1 amide bonds. The van der Waals surface area contributed by atoms with Crippen LogP contribution in [0.2, 0.25) is 0 Å². The van der Waals surface area contributed by atoms with E-state index in [0.717, 1.165) is 46.5 Å². The Morgan fingerprint density at radius 2 is 1.67 bits per heavy atom. The van der Waals surface area contributed by atoms with E-state index in [4.69, 9.17) is 9.97 Å². The number of nitrogens with zero attached hydrogens (tertiary/aromatic N) is 4. The highest BCUT2D eigenvalue weighted by Gasteiger charge is 2.13. The second kappa shape index (κ2) is 11.8. The molecule has 0 aliphatic carbocycles. The van der Waals surface area contributed by atoms with Gasteiger partial charge in [0.05, 0.1) is 0 Å². The number of thioether (sulfide) groups is 1. The second-order valence-electron chi connectivity index (χ2n) is 8.64. The Labute approximate surface area is 202 Å². The third-order valence-corrected chi connectivity index (χ3v) is 6.35. The number of amides is 1. The van der Waals surface area contributed by atoms with Crippen molar-refractivity contribution in [3.8, 4) is 0 Å². The highest BCUT2D eigenvalue weighted by molar-refractivity contribution is 7.98. The summed E-state index contributed by atoms with van der Waals surface area (Å²) in [7, 11) is 3.92. The highest BCUT2D eigenvalue weighted by Crippen LogP contribution is 2.25. The molecule has 2 aromatic carbocycles. The topological polar surface area (TPSA) is 49.3 Å². The lowest BCUT2D eigenvalue weighted by Crippen LogP contribution is -2.26. The summed E-state index contributed by atoms with van der Waals surface area (Å²) in [5.74, 6) is 2.10. The van der Waals surface area contributed by atoms with E-state index in [0.29, 0.717) is 18.0 Å². The van der Waals surface area contributed by atoms with Crippen molar-refractivity contribution in [1.82, 2.24) is 14.9 Å². The molecule has 0 saturated carbocycles. The third kappa shape index (κ3) is 7.06. The number of carbonyl (C=O) groups excluding carboxylic acids is 1. The monoisotopic (exact) mass is 462 g/mol. The summed E-state index contributed by atoms with van der Waals surface area (Å²) in [6.07, 6.45) is 1.07. The predicted octanol–water partition coefficient (Wildman–Crippen LogP) is 6.01. The van der Waals surface area contributed by atoms with Crippen LogP contribution in [0.4, 0.5) is 5.82 Å². The van der Waals surface area contributed by atoms with Crippen LogP contribution in [0.15, 0.2) is 65.8 Å². The van der Waals surface area contributed by atoms with Crippen molar-refractivity contribution in [3.63, 3.8) is 0 Å². The zero-order chi connectivity index (χ0) is 23.8. The maximum atomic E-state index is 12.8. The lowest BCUT2D eigenvalue weighted by molar-refractivity contribution is 0.0785. The first-order valence-corrected chi connectivity index (χ1v) is 12.5. The van der Waals surface area contributed by atoms with Gasteiger partial charge in [0.15, 0.2) is 5.16 Å². The van der Waals surface area contributed by atoms with Crippen LogP contribution in [0.25, 0.3) is 0 Å². The summed E-state index contributed by atoms with van der Waals surface area (Å²) in [6.45, 7) is 8.04. The first-order chi connectivity index (χ1) is 15.9. The molecule has 0 unspecified atom stereocenters. The Hall–Kier alpha value is -2.86. The van der Waals surface area contributed by atoms with Crippen molar-refractivity contribution in [3.05, 3.63) is 83.0 Å². The van der Waals surface area contributed by atoms with Crippen LogP contribution in [-0.2, 0) is 12.3 Å². The molecule has 0 saturated heterocycles. The molecule has 0 aliphatic heterocycles. The molecule has 33 heavy (non-hydrogen) atoms. The molecule has 5 nitrogen and oxygen atoms in total. The Bertz CT molecular complexity index is 1040. The minimum Gasteiger partial charge on any atom is -0.360 e. The summed E-state index contributed by atoms with van der Waals surface area (Å²) in [5, 5.41) is 0.793. The van der Waals surface area contributed by atoms with E-state index in [1.165, 1.54) is 0 Å². The minimum absolute atomic E-state index is 0.0228. The van der Waals surface area contributed by atoms with E-state index >= 15 is 0 Å². The summed E-state index contributed by atoms with van der Waals surface area (Å²) >= 11 is 1.63. The standard InChI is InChI=1S/C27H34N4OS/c1-6-16-30(4)25-17-24(20(2)3)28-27(29-25)33-19-22-12-14-23(15-13-22)26(32)31(5)18-21-10-8-7-9-11-21/h7-15,17,20H,6,16,18-19H2,1-5H3. The fourth-order valence-corrected chi connectivity index (χ4v) is 4.29. The smallest absolute Gasteiger partial charge is 0.253 e. The number of benzene rings is 2. The Balaban J connectivity index is 1.64. The van der Waals surface area contributed by atoms with Crippen molar-refractivity contribution in [1.29, 1.82) is 0 Å². The van der Waals surface area contributed by atoms with Crippen LogP contribution in [0.3, 0.4) is 0 Å². The van der Waals surface area contributed by atoms with E-state index in [2.05, 4.69) is 38.8 Å². The molecular formula is C27H34N4OS. The average Bonchev–Trinajstić information content (AvgIpc) is 2.83. The van der Waals surface area contributed by atoms with Gasteiger partial charge in [-0.3, -0.25) is 4.79 Å². The van der Waals surface area contributed by atoms with E-state index in [1.807, 2.05) is 61.6 Å². The molecule has 0 bridgehead atoms. The number of hydrogen-bond acceptors (Lipinski definition) is 5. The van der Waals surface area contributed by atoms with Crippen molar-refractivity contribution in [2.75, 3.05) is 25.5 Å². The molecule has 0 radical (unpaired) electrons.